The number of nitrogens with zero attached hydrogens (tertiary/aromatic N) is 1. The van der Waals surface area contributed by atoms with Crippen LogP contribution >= 0.6 is 0 Å². The average Bonchev–Trinajstić information content (AvgIpc) is 2.05. The van der Waals surface area contributed by atoms with Gasteiger partial charge in [0, 0.05) is 0 Å². The molecule has 0 saturated carbocycles. The Hall–Kier alpha value is 0.300. The van der Waals surface area contributed by atoms with Crippen LogP contribution in [0, 0.1) is 0 Å². The van der Waals surface area contributed by atoms with E-state index in [9.17, 15) is 8.78 Å². The Morgan fingerprint density at radius 1 is 1.00 bits per heavy atom. The predicted octanol–water partition coefficient (Wildman–Crippen LogP) is 0.260. The molecule has 0 heterocycles. The zero-order valence-electron chi connectivity index (χ0n) is 9.62. The molecule has 0 saturated heterocycles. The first-order chi connectivity index (χ1) is 5.93. The quantitative estimate of drug-likeness (QED) is 0.481. The highest BCUT2D eigenvalue weighted by atomic mass is 79.9. The van der Waals surface area contributed by atoms with E-state index < -0.39 is 6.05 Å². The van der Waals surface area contributed by atoms with E-state index in [1.165, 1.54) is 0 Å². The second-order valence-corrected chi connectivity index (χ2v) is 3.86. The van der Waals surface area contributed by atoms with E-state index in [2.05, 4.69) is 0 Å². The van der Waals surface area contributed by atoms with Crippen LogP contribution in [0.25, 0.3) is 0 Å². The number of halogens is 3. The van der Waals surface area contributed by atoms with Gasteiger partial charge in [-0.3, -0.25) is 4.48 Å². The Labute approximate surface area is 96.8 Å². The lowest BCUT2D eigenvalue weighted by molar-refractivity contribution is -0.993. The maximum atomic E-state index is 13.5. The highest BCUT2D eigenvalue weighted by Crippen LogP contribution is 2.30. The average molecular weight is 274 g/mol. The summed E-state index contributed by atoms with van der Waals surface area (Å²) >= 11 is 0. The van der Waals surface area contributed by atoms with Crippen molar-refractivity contribution in [3.8, 4) is 0 Å². The van der Waals surface area contributed by atoms with Gasteiger partial charge in [0.05, 0.1) is 26.6 Å². The van der Waals surface area contributed by atoms with Gasteiger partial charge in [-0.1, -0.05) is 20.8 Å². The van der Waals surface area contributed by atoms with Crippen molar-refractivity contribution in [3.63, 3.8) is 0 Å². The Morgan fingerprint density at radius 3 is 1.57 bits per heavy atom. The molecule has 0 spiro atoms. The van der Waals surface area contributed by atoms with Crippen molar-refractivity contribution in [2.45, 2.75) is 46.1 Å². The fourth-order valence-corrected chi connectivity index (χ4v) is 1.81. The first-order valence-corrected chi connectivity index (χ1v) is 5.16. The number of alkyl halides is 2. The molecular weight excluding hydrogens is 252 g/mol. The summed E-state index contributed by atoms with van der Waals surface area (Å²) in [5.41, 5.74) is 0. The normalized spacial score (nSPS) is 12.4. The van der Waals surface area contributed by atoms with Crippen LogP contribution in [0.4, 0.5) is 8.78 Å². The summed E-state index contributed by atoms with van der Waals surface area (Å²) in [5.74, 6) is 0. The van der Waals surface area contributed by atoms with Crippen molar-refractivity contribution in [2.24, 2.45) is 0 Å². The largest absolute Gasteiger partial charge is 1.00 e. The molecular formula is C10H22BrF2N. The van der Waals surface area contributed by atoms with E-state index in [1.807, 2.05) is 13.8 Å². The second-order valence-electron chi connectivity index (χ2n) is 3.86. The van der Waals surface area contributed by atoms with Gasteiger partial charge in [-0.2, -0.15) is 0 Å². The highest BCUT2D eigenvalue weighted by Gasteiger charge is 2.46. The van der Waals surface area contributed by atoms with Crippen molar-refractivity contribution >= 4 is 0 Å². The van der Waals surface area contributed by atoms with Crippen molar-refractivity contribution < 1.29 is 30.2 Å². The summed E-state index contributed by atoms with van der Waals surface area (Å²) in [5, 5.41) is 0. The fraction of sp³-hybridized carbons (Fsp3) is 1.00. The number of hydrogen-bond acceptors (Lipinski definition) is 0. The number of hydrogen-bond donors (Lipinski definition) is 0. The smallest absolute Gasteiger partial charge is 0.390 e. The summed E-state index contributed by atoms with van der Waals surface area (Å²) in [6.07, 6.45) is 1.56. The molecule has 0 radical (unpaired) electrons. The Kier molecular flexibility index (Phi) is 8.03. The third-order valence-electron chi connectivity index (χ3n) is 2.65. The highest BCUT2D eigenvalue weighted by molar-refractivity contribution is 4.52. The minimum Gasteiger partial charge on any atom is -1.00 e. The lowest BCUT2D eigenvalue weighted by Gasteiger charge is -2.40. The second kappa shape index (κ2) is 6.72. The van der Waals surface area contributed by atoms with Crippen molar-refractivity contribution in [3.05, 3.63) is 0 Å². The monoisotopic (exact) mass is 273 g/mol. The van der Waals surface area contributed by atoms with Gasteiger partial charge in [0.1, 0.15) is 0 Å². The molecule has 0 rings (SSSR count). The summed E-state index contributed by atoms with van der Waals surface area (Å²) in [6.45, 7) is 6.60. The summed E-state index contributed by atoms with van der Waals surface area (Å²) in [4.78, 5) is 0. The molecule has 14 heavy (non-hydrogen) atoms. The molecule has 0 aliphatic carbocycles. The van der Waals surface area contributed by atoms with E-state index in [0.717, 1.165) is 12.8 Å². The summed E-state index contributed by atoms with van der Waals surface area (Å²) in [7, 11) is 1.66. The van der Waals surface area contributed by atoms with E-state index in [0.29, 0.717) is 13.1 Å². The Morgan fingerprint density at radius 2 is 1.36 bits per heavy atom. The lowest BCUT2D eigenvalue weighted by atomic mass is 10.2. The van der Waals surface area contributed by atoms with Crippen LogP contribution in [-0.4, -0.2) is 30.7 Å². The van der Waals surface area contributed by atoms with E-state index >= 15 is 0 Å². The Balaban J connectivity index is 0. The van der Waals surface area contributed by atoms with Crippen LogP contribution < -0.4 is 17.0 Å². The zero-order valence-corrected chi connectivity index (χ0v) is 11.2. The number of quaternary nitrogens is 1. The van der Waals surface area contributed by atoms with E-state index in [-0.39, 0.29) is 27.9 Å². The molecule has 0 bridgehead atoms. The molecule has 1 nitrogen and oxygen atoms in total. The van der Waals surface area contributed by atoms with Gasteiger partial charge in [-0.15, -0.1) is 8.78 Å². The first-order valence-electron chi connectivity index (χ1n) is 5.16. The molecule has 4 heteroatoms. The van der Waals surface area contributed by atoms with Gasteiger partial charge in [0.25, 0.3) is 0 Å². The third kappa shape index (κ3) is 3.81. The molecule has 0 aliphatic heterocycles. The minimum atomic E-state index is -2.56. The topological polar surface area (TPSA) is 0 Å². The third-order valence-corrected chi connectivity index (χ3v) is 2.65. The minimum absolute atomic E-state index is 0. The number of rotatable bonds is 6. The molecule has 0 atom stereocenters. The van der Waals surface area contributed by atoms with Crippen LogP contribution in [0.15, 0.2) is 0 Å². The predicted molar refractivity (Wildman–Crippen MR) is 51.7 cm³/mol. The van der Waals surface area contributed by atoms with Gasteiger partial charge in [-0.05, 0) is 12.8 Å². The maximum absolute atomic E-state index is 13.5. The molecule has 0 aromatic heterocycles. The molecule has 0 aromatic carbocycles. The Bertz CT molecular complexity index is 145. The standard InChI is InChI=1S/C10H22F2N.BrH/c1-5-8-13(4,9-6-2)10(11,12)7-3;/h5-9H2,1-4H3;1H/q+1;/p-1. The van der Waals surface area contributed by atoms with Crippen LogP contribution in [0.1, 0.15) is 40.0 Å². The maximum Gasteiger partial charge on any atom is 0.390 e. The van der Waals surface area contributed by atoms with E-state index in [4.69, 9.17) is 0 Å². The summed E-state index contributed by atoms with van der Waals surface area (Å²) < 4.78 is 27.0. The first kappa shape index (κ1) is 16.7. The molecule has 0 fully saturated rings. The zero-order chi connectivity index (χ0) is 10.5. The molecule has 88 valence electrons. The van der Waals surface area contributed by atoms with Crippen molar-refractivity contribution in [2.75, 3.05) is 20.1 Å². The SMILES string of the molecule is CCC[N+](C)(CCC)C(F)(F)CC.[Br-]. The van der Waals surface area contributed by atoms with E-state index in [1.54, 1.807) is 14.0 Å². The van der Waals surface area contributed by atoms with Crippen molar-refractivity contribution in [1.29, 1.82) is 0 Å². The van der Waals surface area contributed by atoms with Gasteiger partial charge in [-0.25, -0.2) is 0 Å². The van der Waals surface area contributed by atoms with Crippen LogP contribution in [-0.2, 0) is 0 Å². The summed E-state index contributed by atoms with van der Waals surface area (Å²) in [6, 6.07) is -2.56. The van der Waals surface area contributed by atoms with Crippen LogP contribution in [0.3, 0.4) is 0 Å². The van der Waals surface area contributed by atoms with Gasteiger partial charge in [0.2, 0.25) is 0 Å². The van der Waals surface area contributed by atoms with Gasteiger partial charge in [0.15, 0.2) is 0 Å². The van der Waals surface area contributed by atoms with Gasteiger partial charge < -0.3 is 17.0 Å². The van der Waals surface area contributed by atoms with Gasteiger partial charge >= 0.3 is 6.05 Å². The van der Waals surface area contributed by atoms with Crippen molar-refractivity contribution in [1.82, 2.24) is 0 Å². The fourth-order valence-electron chi connectivity index (χ4n) is 1.81. The molecule has 0 N–H and O–H groups in total. The molecule has 0 aliphatic rings. The van der Waals surface area contributed by atoms with Crippen LogP contribution in [0.5, 0.6) is 0 Å². The lowest BCUT2D eigenvalue weighted by Crippen LogP contribution is -3.00. The van der Waals surface area contributed by atoms with Crippen LogP contribution in [0.2, 0.25) is 0 Å². The molecule has 0 aromatic rings. The molecule has 0 unspecified atom stereocenters. The molecule has 0 amide bonds.